The molecule has 0 spiro atoms. The van der Waals surface area contributed by atoms with Crippen LogP contribution in [0.15, 0.2) is 23.1 Å². The van der Waals surface area contributed by atoms with Crippen molar-refractivity contribution < 1.29 is 17.2 Å². The van der Waals surface area contributed by atoms with Gasteiger partial charge < -0.3 is 5.32 Å². The van der Waals surface area contributed by atoms with Gasteiger partial charge in [0.2, 0.25) is 10.0 Å². The molecule has 1 aromatic carbocycles. The molecule has 0 saturated carbocycles. The lowest BCUT2D eigenvalue weighted by molar-refractivity contribution is 0.427. The van der Waals surface area contributed by atoms with E-state index in [1.807, 2.05) is 0 Å². The van der Waals surface area contributed by atoms with Crippen molar-refractivity contribution in [2.75, 3.05) is 13.1 Å². The number of nitrogens with one attached hydrogen (secondary N) is 2. The summed E-state index contributed by atoms with van der Waals surface area (Å²) in [6.45, 7) is 1.34. The van der Waals surface area contributed by atoms with Crippen LogP contribution in [0, 0.1) is 11.6 Å². The number of piperidine rings is 1. The van der Waals surface area contributed by atoms with E-state index in [1.54, 1.807) is 0 Å². The molecule has 108 valence electrons. The maximum absolute atomic E-state index is 13.4. The molecular weight excluding hydrogens is 298 g/mol. The first-order valence-electron chi connectivity index (χ1n) is 5.67. The smallest absolute Gasteiger partial charge is 0.243 e. The SMILES string of the molecule is Cl.O=S(=O)(N[C@H]1CCCNC1)c1cc(F)ccc1F. The molecule has 1 saturated heterocycles. The summed E-state index contributed by atoms with van der Waals surface area (Å²) in [6, 6.07) is 2.10. The van der Waals surface area contributed by atoms with Crippen LogP contribution in [0.1, 0.15) is 12.8 Å². The van der Waals surface area contributed by atoms with E-state index in [9.17, 15) is 17.2 Å². The Balaban J connectivity index is 0.00000180. The molecule has 2 rings (SSSR count). The highest BCUT2D eigenvalue weighted by Gasteiger charge is 2.24. The van der Waals surface area contributed by atoms with E-state index in [2.05, 4.69) is 10.0 Å². The summed E-state index contributed by atoms with van der Waals surface area (Å²) in [5.41, 5.74) is 0. The predicted octanol–water partition coefficient (Wildman–Crippen LogP) is 1.42. The Hall–Kier alpha value is -0.760. The van der Waals surface area contributed by atoms with Crippen LogP contribution in [0.4, 0.5) is 8.78 Å². The van der Waals surface area contributed by atoms with Crippen LogP contribution in [-0.4, -0.2) is 27.5 Å². The minimum atomic E-state index is -4.02. The van der Waals surface area contributed by atoms with Gasteiger partial charge in [-0.2, -0.15) is 0 Å². The minimum Gasteiger partial charge on any atom is -0.315 e. The van der Waals surface area contributed by atoms with Gasteiger partial charge in [0.1, 0.15) is 16.5 Å². The molecule has 0 aromatic heterocycles. The maximum atomic E-state index is 13.4. The Morgan fingerprint density at radius 3 is 2.68 bits per heavy atom. The first-order valence-corrected chi connectivity index (χ1v) is 7.15. The van der Waals surface area contributed by atoms with Gasteiger partial charge >= 0.3 is 0 Å². The summed E-state index contributed by atoms with van der Waals surface area (Å²) in [7, 11) is -4.02. The van der Waals surface area contributed by atoms with E-state index in [0.29, 0.717) is 19.0 Å². The topological polar surface area (TPSA) is 58.2 Å². The van der Waals surface area contributed by atoms with Gasteiger partial charge in [-0.05, 0) is 37.6 Å². The zero-order chi connectivity index (χ0) is 13.2. The van der Waals surface area contributed by atoms with Crippen molar-refractivity contribution in [1.82, 2.24) is 10.0 Å². The molecule has 4 nitrogen and oxygen atoms in total. The summed E-state index contributed by atoms with van der Waals surface area (Å²) in [6.07, 6.45) is 1.53. The molecule has 0 amide bonds. The van der Waals surface area contributed by atoms with Crippen molar-refractivity contribution in [2.24, 2.45) is 0 Å². The highest BCUT2D eigenvalue weighted by Crippen LogP contribution is 2.17. The average molecular weight is 313 g/mol. The van der Waals surface area contributed by atoms with E-state index in [-0.39, 0.29) is 18.4 Å². The molecule has 19 heavy (non-hydrogen) atoms. The molecule has 1 aliphatic heterocycles. The molecule has 0 unspecified atom stereocenters. The van der Waals surface area contributed by atoms with E-state index in [4.69, 9.17) is 0 Å². The highest BCUT2D eigenvalue weighted by atomic mass is 35.5. The van der Waals surface area contributed by atoms with Crippen molar-refractivity contribution in [1.29, 1.82) is 0 Å². The molecule has 0 bridgehead atoms. The number of hydrogen-bond donors (Lipinski definition) is 2. The summed E-state index contributed by atoms with van der Waals surface area (Å²) >= 11 is 0. The Labute approximate surface area is 117 Å². The molecule has 0 aliphatic carbocycles. The van der Waals surface area contributed by atoms with Crippen LogP contribution in [0.2, 0.25) is 0 Å². The third kappa shape index (κ3) is 4.10. The molecule has 1 heterocycles. The second-order valence-corrected chi connectivity index (χ2v) is 5.92. The van der Waals surface area contributed by atoms with Crippen molar-refractivity contribution in [3.05, 3.63) is 29.8 Å². The van der Waals surface area contributed by atoms with Gasteiger partial charge in [0, 0.05) is 12.6 Å². The summed E-state index contributed by atoms with van der Waals surface area (Å²) in [5, 5.41) is 3.04. The lowest BCUT2D eigenvalue weighted by atomic mass is 10.1. The second-order valence-electron chi connectivity index (χ2n) is 4.24. The lowest BCUT2D eigenvalue weighted by Gasteiger charge is -2.23. The number of benzene rings is 1. The Morgan fingerprint density at radius 2 is 2.05 bits per heavy atom. The van der Waals surface area contributed by atoms with Gasteiger partial charge in [-0.25, -0.2) is 21.9 Å². The van der Waals surface area contributed by atoms with E-state index in [1.165, 1.54) is 0 Å². The molecule has 1 aromatic rings. The van der Waals surface area contributed by atoms with Crippen molar-refractivity contribution in [2.45, 2.75) is 23.8 Å². The fourth-order valence-corrected chi connectivity index (χ4v) is 3.28. The van der Waals surface area contributed by atoms with E-state index in [0.717, 1.165) is 25.1 Å². The monoisotopic (exact) mass is 312 g/mol. The van der Waals surface area contributed by atoms with Gasteiger partial charge in [0.15, 0.2) is 0 Å². The highest BCUT2D eigenvalue weighted by molar-refractivity contribution is 7.89. The van der Waals surface area contributed by atoms with Crippen LogP contribution >= 0.6 is 12.4 Å². The van der Waals surface area contributed by atoms with E-state index >= 15 is 0 Å². The van der Waals surface area contributed by atoms with Crippen LogP contribution in [0.5, 0.6) is 0 Å². The van der Waals surface area contributed by atoms with Gasteiger partial charge in [-0.3, -0.25) is 0 Å². The van der Waals surface area contributed by atoms with Gasteiger partial charge in [0.05, 0.1) is 0 Å². The fraction of sp³-hybridized carbons (Fsp3) is 0.455. The normalized spacial score (nSPS) is 19.8. The third-order valence-electron chi connectivity index (χ3n) is 2.80. The number of hydrogen-bond acceptors (Lipinski definition) is 3. The van der Waals surface area contributed by atoms with Crippen LogP contribution < -0.4 is 10.0 Å². The molecule has 1 fully saturated rings. The average Bonchev–Trinajstić information content (AvgIpc) is 2.33. The lowest BCUT2D eigenvalue weighted by Crippen LogP contribution is -2.45. The third-order valence-corrected chi connectivity index (χ3v) is 4.34. The summed E-state index contributed by atoms with van der Waals surface area (Å²) in [5.74, 6) is -1.73. The number of sulfonamides is 1. The molecule has 8 heteroatoms. The van der Waals surface area contributed by atoms with Gasteiger partial charge in [-0.1, -0.05) is 0 Å². The Morgan fingerprint density at radius 1 is 1.32 bits per heavy atom. The predicted molar refractivity (Wildman–Crippen MR) is 69.8 cm³/mol. The van der Waals surface area contributed by atoms with Crippen molar-refractivity contribution in [3.8, 4) is 0 Å². The zero-order valence-electron chi connectivity index (χ0n) is 10.0. The molecule has 1 atom stereocenters. The quantitative estimate of drug-likeness (QED) is 0.887. The minimum absolute atomic E-state index is 0. The Kier molecular flexibility index (Phi) is 5.66. The van der Waals surface area contributed by atoms with Crippen molar-refractivity contribution >= 4 is 22.4 Å². The van der Waals surface area contributed by atoms with Gasteiger partial charge in [-0.15, -0.1) is 12.4 Å². The summed E-state index contributed by atoms with van der Waals surface area (Å²) in [4.78, 5) is -0.645. The maximum Gasteiger partial charge on any atom is 0.243 e. The zero-order valence-corrected chi connectivity index (χ0v) is 11.7. The van der Waals surface area contributed by atoms with E-state index < -0.39 is 26.6 Å². The summed E-state index contributed by atoms with van der Waals surface area (Å²) < 4.78 is 52.6. The molecular formula is C11H15ClF2N2O2S. The number of rotatable bonds is 3. The van der Waals surface area contributed by atoms with Crippen molar-refractivity contribution in [3.63, 3.8) is 0 Å². The van der Waals surface area contributed by atoms with Gasteiger partial charge in [0.25, 0.3) is 0 Å². The first-order chi connectivity index (χ1) is 8.49. The second kappa shape index (κ2) is 6.60. The first kappa shape index (κ1) is 16.3. The Bertz CT molecular complexity index is 533. The van der Waals surface area contributed by atoms with Crippen LogP contribution in [-0.2, 0) is 10.0 Å². The largest absolute Gasteiger partial charge is 0.315 e. The number of halogens is 3. The van der Waals surface area contributed by atoms with Crippen LogP contribution in [0.3, 0.4) is 0 Å². The fourth-order valence-electron chi connectivity index (χ4n) is 1.92. The molecule has 2 N–H and O–H groups in total. The molecule has 1 aliphatic rings. The van der Waals surface area contributed by atoms with Crippen LogP contribution in [0.25, 0.3) is 0 Å². The molecule has 0 radical (unpaired) electrons. The standard InChI is InChI=1S/C11H14F2N2O2S.ClH/c12-8-3-4-10(13)11(6-8)18(16,17)15-9-2-1-5-14-7-9;/h3-4,6,9,14-15H,1-2,5,7H2;1H/t9-;/m0./s1.